The van der Waals surface area contributed by atoms with Gasteiger partial charge in [-0.25, -0.2) is 13.4 Å². The fourth-order valence-corrected chi connectivity index (χ4v) is 8.98. The first kappa shape index (κ1) is 35.6. The highest BCUT2D eigenvalue weighted by molar-refractivity contribution is 7.91. The SMILES string of the molecule is Cc1cc(C(=O)N[C@H]2CCCCC/C=C\C3C[C@@]3(C(=O)NS(=O)(=O)C3CC3)NC(=O)[C@@H]3C[C@@H](Oc4nc5ncccc5c5ccccc45)CN3C2=O)n[nH]1. The summed E-state index contributed by atoms with van der Waals surface area (Å²) < 4.78 is 34.5. The fraction of sp³-hybridized carbons (Fsp3) is 0.447. The molecule has 3 aromatic heterocycles. The number of H-pyrrole nitrogens is 1. The van der Waals surface area contributed by atoms with E-state index in [2.05, 4.69) is 30.5 Å². The molecule has 4 N–H and O–H groups in total. The number of carbonyl (C=O) groups is 4. The zero-order chi connectivity index (χ0) is 37.6. The lowest BCUT2D eigenvalue weighted by atomic mass is 10.0. The van der Waals surface area contributed by atoms with Gasteiger partial charge < -0.3 is 20.3 Å². The molecule has 5 heterocycles. The molecule has 1 aromatic carbocycles. The van der Waals surface area contributed by atoms with Crippen LogP contribution in [0.1, 0.15) is 74.0 Å². The Morgan fingerprint density at radius 1 is 1.02 bits per heavy atom. The first-order chi connectivity index (χ1) is 26.0. The Balaban J connectivity index is 1.12. The summed E-state index contributed by atoms with van der Waals surface area (Å²) in [6, 6.07) is 10.9. The summed E-state index contributed by atoms with van der Waals surface area (Å²) in [5.74, 6) is -2.54. The third kappa shape index (κ3) is 7.01. The molecule has 2 aliphatic heterocycles. The average molecular weight is 755 g/mol. The number of benzene rings is 1. The Kier molecular flexibility index (Phi) is 9.32. The molecule has 5 atom stereocenters. The lowest BCUT2D eigenvalue weighted by molar-refractivity contribution is -0.141. The number of amides is 4. The standard InChI is InChI=1S/C38H42N8O7S/c1-22-18-30(44-43-22)33(47)40-29-14-6-4-2-3-5-10-23-20-38(23,37(50)45-54(51,52)25-15-16-25)42-34(48)31-19-24(21-46(31)36(29)49)53-35-28-12-8-7-11-26(28)27-13-9-17-39-32(27)41-35/h5,7-13,17-18,23-25,29,31H,2-4,6,14-16,19-21H2,1H3,(H,40,47)(H,42,48)(H,43,44)(H,45,50)/b10-5-/t23?,24-,29+,31+,38-/m1/s1. The largest absolute Gasteiger partial charge is 0.472 e. The van der Waals surface area contributed by atoms with Crippen molar-refractivity contribution in [1.29, 1.82) is 0 Å². The molecule has 0 radical (unpaired) electrons. The van der Waals surface area contributed by atoms with Crippen molar-refractivity contribution in [2.24, 2.45) is 5.92 Å². The zero-order valence-corrected chi connectivity index (χ0v) is 30.6. The number of nitrogens with one attached hydrogen (secondary N) is 4. The number of aromatic amines is 1. The topological polar surface area (TPSA) is 205 Å². The highest BCUT2D eigenvalue weighted by Gasteiger charge is 2.62. The van der Waals surface area contributed by atoms with Crippen LogP contribution in [0.3, 0.4) is 0 Å². The van der Waals surface area contributed by atoms with Gasteiger partial charge in [0, 0.05) is 35.0 Å². The number of aromatic nitrogens is 4. The molecule has 54 heavy (non-hydrogen) atoms. The van der Waals surface area contributed by atoms with Crippen LogP contribution in [-0.4, -0.2) is 92.6 Å². The van der Waals surface area contributed by atoms with Crippen molar-refractivity contribution in [3.63, 3.8) is 0 Å². The molecule has 15 nitrogen and oxygen atoms in total. The first-order valence-electron chi connectivity index (χ1n) is 18.5. The molecular formula is C38H42N8O7S. The molecule has 2 saturated carbocycles. The first-order valence-corrected chi connectivity index (χ1v) is 20.1. The van der Waals surface area contributed by atoms with E-state index in [0.717, 1.165) is 29.0 Å². The van der Waals surface area contributed by atoms with Gasteiger partial charge >= 0.3 is 0 Å². The van der Waals surface area contributed by atoms with Crippen molar-refractivity contribution >= 4 is 55.5 Å². The Morgan fingerprint density at radius 3 is 2.59 bits per heavy atom. The Morgan fingerprint density at radius 2 is 1.81 bits per heavy atom. The van der Waals surface area contributed by atoms with Gasteiger partial charge in [0.25, 0.3) is 11.8 Å². The number of allylic oxidation sites excluding steroid dienone is 1. The van der Waals surface area contributed by atoms with Crippen LogP contribution in [-0.2, 0) is 24.4 Å². The maximum atomic E-state index is 14.6. The molecule has 4 amide bonds. The van der Waals surface area contributed by atoms with Gasteiger partial charge in [-0.15, -0.1) is 0 Å². The van der Waals surface area contributed by atoms with Crippen LogP contribution in [0.4, 0.5) is 0 Å². The van der Waals surface area contributed by atoms with Crippen molar-refractivity contribution in [2.75, 3.05) is 6.54 Å². The van der Waals surface area contributed by atoms with Crippen molar-refractivity contribution in [1.82, 2.24) is 40.4 Å². The van der Waals surface area contributed by atoms with Crippen molar-refractivity contribution in [3.05, 3.63) is 72.2 Å². The van der Waals surface area contributed by atoms with E-state index in [1.165, 1.54) is 4.90 Å². The van der Waals surface area contributed by atoms with Crippen molar-refractivity contribution < 1.29 is 32.3 Å². The number of pyridine rings is 2. The normalized spacial score (nSPS) is 26.9. The van der Waals surface area contributed by atoms with Crippen molar-refractivity contribution in [3.8, 4) is 5.88 Å². The minimum absolute atomic E-state index is 0.0142. The summed E-state index contributed by atoms with van der Waals surface area (Å²) in [4.78, 5) is 66.7. The van der Waals surface area contributed by atoms with Crippen LogP contribution < -0.4 is 20.1 Å². The summed E-state index contributed by atoms with van der Waals surface area (Å²) >= 11 is 0. The second kappa shape index (κ2) is 14.1. The van der Waals surface area contributed by atoms with Crippen LogP contribution in [0.2, 0.25) is 0 Å². The quantitative estimate of drug-likeness (QED) is 0.160. The second-order valence-electron chi connectivity index (χ2n) is 14.8. The number of nitrogens with zero attached hydrogens (tertiary/aromatic N) is 4. The summed E-state index contributed by atoms with van der Waals surface area (Å²) in [6.07, 6.45) is 9.17. The molecular weight excluding hydrogens is 713 g/mol. The Labute approximate surface area is 311 Å². The Bertz CT molecular complexity index is 2290. The smallest absolute Gasteiger partial charge is 0.272 e. The monoisotopic (exact) mass is 754 g/mol. The van der Waals surface area contributed by atoms with Crippen LogP contribution >= 0.6 is 0 Å². The molecule has 0 spiro atoms. The molecule has 8 rings (SSSR count). The number of carbonyl (C=O) groups excluding carboxylic acids is 4. The molecule has 1 saturated heterocycles. The molecule has 4 aliphatic rings. The van der Waals surface area contributed by atoms with Gasteiger partial charge in [0.05, 0.1) is 11.8 Å². The van der Waals surface area contributed by atoms with Crippen LogP contribution in [0.25, 0.3) is 21.8 Å². The molecule has 1 unspecified atom stereocenters. The minimum Gasteiger partial charge on any atom is -0.472 e. The number of rotatable bonds is 7. The number of fused-ring (bicyclic) bond motifs is 5. The lowest BCUT2D eigenvalue weighted by Crippen LogP contribution is -2.58. The minimum atomic E-state index is -3.89. The maximum absolute atomic E-state index is 14.6. The third-order valence-corrected chi connectivity index (χ3v) is 12.6. The highest BCUT2D eigenvalue weighted by Crippen LogP contribution is 2.46. The van der Waals surface area contributed by atoms with E-state index in [4.69, 9.17) is 9.72 Å². The Hall–Kier alpha value is -5.38. The van der Waals surface area contributed by atoms with E-state index in [0.29, 0.717) is 49.3 Å². The van der Waals surface area contributed by atoms with Gasteiger partial charge in [-0.2, -0.15) is 10.1 Å². The number of hydrogen-bond donors (Lipinski definition) is 4. The molecule has 4 aromatic rings. The summed E-state index contributed by atoms with van der Waals surface area (Å²) in [7, 11) is -3.89. The van der Waals surface area contributed by atoms with E-state index in [-0.39, 0.29) is 25.1 Å². The van der Waals surface area contributed by atoms with Gasteiger partial charge in [-0.05, 0) is 75.1 Å². The van der Waals surface area contributed by atoms with E-state index in [9.17, 15) is 27.6 Å². The third-order valence-electron chi connectivity index (χ3n) is 10.8. The summed E-state index contributed by atoms with van der Waals surface area (Å²) in [5, 5.41) is 14.4. The number of sulfonamides is 1. The summed E-state index contributed by atoms with van der Waals surface area (Å²) in [6.45, 7) is 1.75. The van der Waals surface area contributed by atoms with Gasteiger partial charge in [-0.1, -0.05) is 43.2 Å². The second-order valence-corrected chi connectivity index (χ2v) is 16.8. The van der Waals surface area contributed by atoms with Gasteiger partial charge in [0.15, 0.2) is 5.65 Å². The fourth-order valence-electron chi connectivity index (χ4n) is 7.62. The number of aryl methyl sites for hydroxylation is 1. The average Bonchev–Trinajstić information content (AvgIpc) is 4.05. The van der Waals surface area contributed by atoms with E-state index >= 15 is 0 Å². The summed E-state index contributed by atoms with van der Waals surface area (Å²) in [5.41, 5.74) is -0.207. The van der Waals surface area contributed by atoms with E-state index < -0.39 is 68.5 Å². The predicted octanol–water partition coefficient (Wildman–Crippen LogP) is 2.97. The molecule has 2 aliphatic carbocycles. The van der Waals surface area contributed by atoms with Crippen LogP contribution in [0, 0.1) is 12.8 Å². The van der Waals surface area contributed by atoms with Crippen LogP contribution in [0.15, 0.2) is 60.8 Å². The van der Waals surface area contributed by atoms with Crippen LogP contribution in [0.5, 0.6) is 5.88 Å². The molecule has 282 valence electrons. The van der Waals surface area contributed by atoms with E-state index in [1.807, 2.05) is 48.6 Å². The number of hydrogen-bond acceptors (Lipinski definition) is 10. The number of ether oxygens (including phenoxy) is 1. The predicted molar refractivity (Wildman–Crippen MR) is 197 cm³/mol. The lowest BCUT2D eigenvalue weighted by Gasteiger charge is -2.29. The van der Waals surface area contributed by atoms with E-state index in [1.54, 1.807) is 19.2 Å². The molecule has 3 fully saturated rings. The van der Waals surface area contributed by atoms with Gasteiger partial charge in [0.2, 0.25) is 27.7 Å². The van der Waals surface area contributed by atoms with Crippen molar-refractivity contribution in [2.45, 2.75) is 93.7 Å². The zero-order valence-electron chi connectivity index (χ0n) is 29.8. The molecule has 0 bridgehead atoms. The molecule has 16 heteroatoms. The highest BCUT2D eigenvalue weighted by atomic mass is 32.2. The van der Waals surface area contributed by atoms with Gasteiger partial charge in [-0.3, -0.25) is 29.0 Å². The van der Waals surface area contributed by atoms with Gasteiger partial charge in [0.1, 0.15) is 29.4 Å². The maximum Gasteiger partial charge on any atom is 0.272 e.